The number of pyridine rings is 1. The molecule has 4 fully saturated rings. The Bertz CT molecular complexity index is 2570. The van der Waals surface area contributed by atoms with Crippen LogP contribution in [0.2, 0.25) is 0 Å². The van der Waals surface area contributed by atoms with Crippen LogP contribution in [0.1, 0.15) is 92.7 Å². The maximum atomic E-state index is 13.9. The number of anilines is 2. The fourth-order valence-corrected chi connectivity index (χ4v) is 11.2. The molecular weight excluding hydrogens is 795 g/mol. The molecule has 1 atom stereocenters. The number of likely N-dealkylation sites (tertiary alicyclic amines) is 1. The number of carbonyl (C=O) groups excluding carboxylic acids is 1. The number of aryl methyl sites for hydroxylation is 1. The number of aliphatic hydroxyl groups is 1. The molecule has 2 aliphatic carbocycles. The van der Waals surface area contributed by atoms with E-state index in [0.717, 1.165) is 68.9 Å². The van der Waals surface area contributed by atoms with Gasteiger partial charge in [0.05, 0.1) is 27.2 Å². The van der Waals surface area contributed by atoms with E-state index in [1.54, 1.807) is 24.4 Å². The van der Waals surface area contributed by atoms with Gasteiger partial charge in [-0.3, -0.25) is 19.8 Å². The number of hydrogen-bond donors (Lipinski definition) is 4. The molecular formula is C46H53N7O7S. The van der Waals surface area contributed by atoms with Crippen molar-refractivity contribution in [2.75, 3.05) is 36.4 Å². The highest BCUT2D eigenvalue weighted by molar-refractivity contribution is 7.90. The van der Waals surface area contributed by atoms with Gasteiger partial charge >= 0.3 is 0 Å². The van der Waals surface area contributed by atoms with E-state index in [0.29, 0.717) is 42.9 Å². The highest BCUT2D eigenvalue weighted by Gasteiger charge is 2.55. The number of nitrogens with zero attached hydrogens (tertiary/aromatic N) is 4. The van der Waals surface area contributed by atoms with Crippen molar-refractivity contribution < 1.29 is 28.0 Å². The summed E-state index contributed by atoms with van der Waals surface area (Å²) in [6.45, 7) is 7.36. The Kier molecular flexibility index (Phi) is 10.8. The van der Waals surface area contributed by atoms with E-state index in [2.05, 4.69) is 61.0 Å². The first-order valence-corrected chi connectivity index (χ1v) is 22.9. The van der Waals surface area contributed by atoms with Gasteiger partial charge in [-0.1, -0.05) is 31.2 Å². The molecule has 3 aromatic carbocycles. The topological polar surface area (TPSA) is 183 Å². The van der Waals surface area contributed by atoms with Crippen molar-refractivity contribution in [3.05, 3.63) is 112 Å². The Morgan fingerprint density at radius 3 is 2.61 bits per heavy atom. The van der Waals surface area contributed by atoms with Crippen molar-refractivity contribution in [1.82, 2.24) is 19.6 Å². The first kappa shape index (κ1) is 40.9. The summed E-state index contributed by atoms with van der Waals surface area (Å²) < 4.78 is 35.8. The smallest absolute Gasteiger partial charge is 0.293 e. The zero-order valence-electron chi connectivity index (χ0n) is 34.6. The number of nitrogens with one attached hydrogen (secondary N) is 3. The second-order valence-corrected chi connectivity index (χ2v) is 19.6. The minimum Gasteiger partial charge on any atom is -0.455 e. The molecule has 0 unspecified atom stereocenters. The number of H-pyrrole nitrogens is 1. The molecule has 320 valence electrons. The Morgan fingerprint density at radius 2 is 1.84 bits per heavy atom. The summed E-state index contributed by atoms with van der Waals surface area (Å²) in [5.74, 6) is -0.216. The molecule has 0 radical (unpaired) electrons. The number of rotatable bonds is 13. The van der Waals surface area contributed by atoms with Crippen LogP contribution in [0.3, 0.4) is 0 Å². The van der Waals surface area contributed by atoms with Gasteiger partial charge in [-0.05, 0) is 125 Å². The second kappa shape index (κ2) is 16.1. The number of hydrogen-bond acceptors (Lipinski definition) is 11. The zero-order valence-corrected chi connectivity index (χ0v) is 35.4. The van der Waals surface area contributed by atoms with Crippen molar-refractivity contribution in [3.63, 3.8) is 0 Å². The third kappa shape index (κ3) is 8.30. The van der Waals surface area contributed by atoms with Crippen molar-refractivity contribution in [2.24, 2.45) is 11.3 Å². The number of benzene rings is 3. The molecule has 4 N–H and O–H groups in total. The van der Waals surface area contributed by atoms with E-state index in [1.165, 1.54) is 42.3 Å². The van der Waals surface area contributed by atoms with E-state index in [9.17, 15) is 28.4 Å². The van der Waals surface area contributed by atoms with E-state index in [4.69, 9.17) is 4.74 Å². The molecule has 61 heavy (non-hydrogen) atoms. The van der Waals surface area contributed by atoms with E-state index in [-0.39, 0.29) is 28.3 Å². The average Bonchev–Trinajstić information content (AvgIpc) is 3.89. The second-order valence-electron chi connectivity index (χ2n) is 17.9. The highest BCUT2D eigenvalue weighted by Crippen LogP contribution is 2.54. The summed E-state index contributed by atoms with van der Waals surface area (Å²) in [6, 6.07) is 22.2. The van der Waals surface area contributed by atoms with Crippen LogP contribution in [0, 0.1) is 21.4 Å². The number of carbonyl (C=O) groups is 1. The Balaban J connectivity index is 0.904. The molecule has 1 spiro atoms. The first-order chi connectivity index (χ1) is 29.3. The molecule has 0 bridgehead atoms. The van der Waals surface area contributed by atoms with Crippen molar-refractivity contribution >= 4 is 44.0 Å². The maximum absolute atomic E-state index is 13.9. The number of nitro groups is 1. The van der Waals surface area contributed by atoms with Crippen molar-refractivity contribution in [2.45, 2.75) is 94.2 Å². The zero-order chi connectivity index (χ0) is 42.5. The summed E-state index contributed by atoms with van der Waals surface area (Å²) in [5.41, 5.74) is 3.69. The summed E-state index contributed by atoms with van der Waals surface area (Å²) >= 11 is 0. The van der Waals surface area contributed by atoms with Crippen LogP contribution < -0.4 is 19.7 Å². The summed E-state index contributed by atoms with van der Waals surface area (Å²) in [5, 5.41) is 26.3. The molecule has 2 saturated heterocycles. The van der Waals surface area contributed by atoms with Crippen LogP contribution in [-0.4, -0.2) is 77.0 Å². The fourth-order valence-electron chi connectivity index (χ4n) is 10.2. The molecule has 4 aliphatic rings. The van der Waals surface area contributed by atoms with E-state index < -0.39 is 37.0 Å². The number of ether oxygens (including phenoxy) is 1. The van der Waals surface area contributed by atoms with Gasteiger partial charge in [-0.25, -0.2) is 18.1 Å². The molecule has 5 aromatic rings. The lowest BCUT2D eigenvalue weighted by Crippen LogP contribution is -2.66. The molecule has 9 rings (SSSR count). The average molecular weight is 848 g/mol. The summed E-state index contributed by atoms with van der Waals surface area (Å²) in [4.78, 5) is 37.4. The molecule has 2 aliphatic heterocycles. The number of nitro benzene ring substituents is 1. The number of aromatic nitrogens is 2. The quantitative estimate of drug-likeness (QED) is 0.0664. The summed E-state index contributed by atoms with van der Waals surface area (Å²) in [7, 11) is -4.56. The predicted molar refractivity (Wildman–Crippen MR) is 234 cm³/mol. The minimum atomic E-state index is -4.56. The lowest BCUT2D eigenvalue weighted by molar-refractivity contribution is -0.384. The van der Waals surface area contributed by atoms with Gasteiger partial charge in [-0.15, -0.1) is 0 Å². The highest BCUT2D eigenvalue weighted by atomic mass is 32.2. The minimum absolute atomic E-state index is 0.0212. The number of aromatic amines is 1. The van der Waals surface area contributed by atoms with E-state index in [1.807, 2.05) is 19.1 Å². The largest absolute Gasteiger partial charge is 0.455 e. The number of fused-ring (bicyclic) bond motifs is 1. The Morgan fingerprint density at radius 1 is 1.05 bits per heavy atom. The maximum Gasteiger partial charge on any atom is 0.293 e. The number of amides is 1. The van der Waals surface area contributed by atoms with Gasteiger partial charge in [-0.2, -0.15) is 0 Å². The van der Waals surface area contributed by atoms with Crippen LogP contribution in [0.25, 0.3) is 11.0 Å². The molecule has 2 aromatic heterocycles. The summed E-state index contributed by atoms with van der Waals surface area (Å²) in [6.07, 6.45) is 11.8. The lowest BCUT2D eigenvalue weighted by Gasteiger charge is -2.62. The third-order valence-corrected chi connectivity index (χ3v) is 14.9. The molecule has 1 amide bonds. The lowest BCUT2D eigenvalue weighted by atomic mass is 9.60. The molecule has 14 nitrogen and oxygen atoms in total. The van der Waals surface area contributed by atoms with Crippen molar-refractivity contribution in [1.29, 1.82) is 0 Å². The third-order valence-electron chi connectivity index (χ3n) is 13.6. The molecule has 2 saturated carbocycles. The Hall–Kier alpha value is -5.51. The van der Waals surface area contributed by atoms with Gasteiger partial charge < -0.3 is 25.0 Å². The molecule has 15 heteroatoms. The molecule has 4 heterocycles. The predicted octanol–water partition coefficient (Wildman–Crippen LogP) is 8.10. The van der Waals surface area contributed by atoms with Gasteiger partial charge in [0.25, 0.3) is 21.6 Å². The SMILES string of the molecule is CCc1ccccc1[C@@H]1CCCN1C1CC2(C1)CN(c1ccc(C(=O)NS(=O)(=O)c3ccc(NC[C@H]4CC[C@](C)(O)CC4)c([N+](=O)[O-])c3)c(Oc3cnc4[nH]ccc4c3)c1)C2. The van der Waals surface area contributed by atoms with Crippen LogP contribution in [0.4, 0.5) is 17.1 Å². The normalized spacial score (nSPS) is 22.8. The van der Waals surface area contributed by atoms with Crippen LogP contribution in [0.15, 0.2) is 90.1 Å². The first-order valence-electron chi connectivity index (χ1n) is 21.4. The van der Waals surface area contributed by atoms with E-state index >= 15 is 0 Å². The Labute approximate surface area is 355 Å². The van der Waals surface area contributed by atoms with Gasteiger partial charge in [0.15, 0.2) is 0 Å². The van der Waals surface area contributed by atoms with Gasteiger partial charge in [0, 0.05) is 66.5 Å². The van der Waals surface area contributed by atoms with Gasteiger partial charge in [0.2, 0.25) is 0 Å². The fraction of sp³-hybridized carbons (Fsp3) is 0.435. The van der Waals surface area contributed by atoms with Gasteiger partial charge in [0.1, 0.15) is 22.8 Å². The number of sulfonamides is 1. The van der Waals surface area contributed by atoms with Crippen LogP contribution in [-0.2, 0) is 16.4 Å². The van der Waals surface area contributed by atoms with Crippen LogP contribution >= 0.6 is 0 Å². The standard InChI is InChI=1S/C46H53N7O7S/c1-3-31-7-4-5-8-37(31)40-9-6-20-52(40)34-24-46(25-34)28-51(29-46)33-10-12-38(42(22-33)60-35-21-32-16-19-47-43(32)49-27-35)44(54)50-61(58,59)36-11-13-39(41(23-36)53(56)57)48-26-30-14-17-45(2,55)18-15-30/h4-5,7-8,10-13,16,19,21-23,27,30,34,40,48,55H,3,6,9,14-15,17-18,20,24-26,28-29H2,1-2H3,(H,47,49)(H,50,54)/t30-,40-,45-/m0/s1. The van der Waals surface area contributed by atoms with Crippen molar-refractivity contribution in [3.8, 4) is 11.5 Å². The van der Waals surface area contributed by atoms with Crippen LogP contribution in [0.5, 0.6) is 11.5 Å². The monoisotopic (exact) mass is 847 g/mol.